The van der Waals surface area contributed by atoms with Gasteiger partial charge in [-0.3, -0.25) is 19.5 Å². The van der Waals surface area contributed by atoms with Crippen molar-refractivity contribution in [3.05, 3.63) is 87.9 Å². The first kappa shape index (κ1) is 20.3. The van der Waals surface area contributed by atoms with Crippen LogP contribution in [0, 0.1) is 0 Å². The summed E-state index contributed by atoms with van der Waals surface area (Å²) in [4.78, 5) is 32.3. The van der Waals surface area contributed by atoms with Gasteiger partial charge in [-0.15, -0.1) is 11.3 Å². The van der Waals surface area contributed by atoms with Gasteiger partial charge in [-0.2, -0.15) is 0 Å². The highest BCUT2D eigenvalue weighted by Gasteiger charge is 2.26. The molecule has 2 aromatic heterocycles. The van der Waals surface area contributed by atoms with Crippen LogP contribution in [-0.4, -0.2) is 34.8 Å². The number of nitrogens with zero attached hydrogens (tertiary/aromatic N) is 2. The van der Waals surface area contributed by atoms with E-state index in [9.17, 15) is 9.59 Å². The SMILES string of the molecule is O=C(NCc1ccccn1)C(=O)NC[C@@H](c1cccs1)N1CCc2ccccc2C1. The summed E-state index contributed by atoms with van der Waals surface area (Å²) in [5, 5.41) is 7.49. The molecule has 2 N–H and O–H groups in total. The zero-order chi connectivity index (χ0) is 20.8. The van der Waals surface area contributed by atoms with Crippen LogP contribution >= 0.6 is 11.3 Å². The zero-order valence-corrected chi connectivity index (χ0v) is 17.4. The van der Waals surface area contributed by atoms with Crippen molar-refractivity contribution in [1.82, 2.24) is 20.5 Å². The monoisotopic (exact) mass is 420 g/mol. The lowest BCUT2D eigenvalue weighted by atomic mass is 9.98. The number of amides is 2. The van der Waals surface area contributed by atoms with E-state index in [4.69, 9.17) is 0 Å². The summed E-state index contributed by atoms with van der Waals surface area (Å²) < 4.78 is 0. The first-order valence-electron chi connectivity index (χ1n) is 10.0. The van der Waals surface area contributed by atoms with E-state index >= 15 is 0 Å². The summed E-state index contributed by atoms with van der Waals surface area (Å²) in [6.07, 6.45) is 2.64. The molecule has 0 saturated heterocycles. The number of carbonyl (C=O) groups is 2. The van der Waals surface area contributed by atoms with E-state index in [1.165, 1.54) is 16.0 Å². The number of nitrogens with one attached hydrogen (secondary N) is 2. The summed E-state index contributed by atoms with van der Waals surface area (Å²) in [5.74, 6) is -1.26. The second-order valence-corrected chi connectivity index (χ2v) is 8.21. The van der Waals surface area contributed by atoms with Gasteiger partial charge in [0.05, 0.1) is 18.3 Å². The molecule has 1 aliphatic heterocycles. The summed E-state index contributed by atoms with van der Waals surface area (Å²) in [5.41, 5.74) is 3.42. The maximum absolute atomic E-state index is 12.4. The van der Waals surface area contributed by atoms with Crippen LogP contribution in [0.2, 0.25) is 0 Å². The van der Waals surface area contributed by atoms with Gasteiger partial charge in [-0.25, -0.2) is 0 Å². The first-order chi connectivity index (χ1) is 14.7. The van der Waals surface area contributed by atoms with Crippen LogP contribution in [0.1, 0.15) is 27.7 Å². The van der Waals surface area contributed by atoms with Gasteiger partial charge in [0, 0.05) is 30.7 Å². The number of hydrogen-bond acceptors (Lipinski definition) is 5. The Morgan fingerprint density at radius 1 is 1.00 bits per heavy atom. The molecule has 1 atom stereocenters. The van der Waals surface area contributed by atoms with Crippen molar-refractivity contribution in [1.29, 1.82) is 0 Å². The fraction of sp³-hybridized carbons (Fsp3) is 0.261. The van der Waals surface area contributed by atoms with Gasteiger partial charge in [0.25, 0.3) is 0 Å². The molecule has 2 amide bonds. The van der Waals surface area contributed by atoms with Gasteiger partial charge in [0.15, 0.2) is 0 Å². The van der Waals surface area contributed by atoms with Crippen LogP contribution in [0.4, 0.5) is 0 Å². The van der Waals surface area contributed by atoms with Gasteiger partial charge in [-0.1, -0.05) is 36.4 Å². The standard InChI is InChI=1S/C23H24N4O2S/c28-22(25-14-19-8-3-4-11-24-19)23(29)26-15-20(21-9-5-13-30-21)27-12-10-17-6-1-2-7-18(17)16-27/h1-9,11,13,20H,10,12,14-16H2,(H,25,28)(H,26,29)/t20-/m0/s1. The summed E-state index contributed by atoms with van der Waals surface area (Å²) in [7, 11) is 0. The largest absolute Gasteiger partial charge is 0.346 e. The molecule has 3 heterocycles. The Kier molecular flexibility index (Phi) is 6.51. The molecule has 0 radical (unpaired) electrons. The smallest absolute Gasteiger partial charge is 0.309 e. The Balaban J connectivity index is 1.37. The number of carbonyl (C=O) groups excluding carboxylic acids is 2. The minimum Gasteiger partial charge on any atom is -0.346 e. The Morgan fingerprint density at radius 3 is 2.57 bits per heavy atom. The van der Waals surface area contributed by atoms with E-state index in [0.717, 1.165) is 19.5 Å². The predicted octanol–water partition coefficient (Wildman–Crippen LogP) is 2.68. The van der Waals surface area contributed by atoms with E-state index in [0.29, 0.717) is 12.2 Å². The molecular formula is C23H24N4O2S. The highest BCUT2D eigenvalue weighted by atomic mass is 32.1. The molecule has 0 spiro atoms. The van der Waals surface area contributed by atoms with Gasteiger partial charge >= 0.3 is 11.8 Å². The lowest BCUT2D eigenvalue weighted by Gasteiger charge is -2.35. The normalized spacial score (nSPS) is 14.5. The van der Waals surface area contributed by atoms with Gasteiger partial charge in [-0.05, 0) is 41.1 Å². The Labute approximate surface area is 180 Å². The molecule has 30 heavy (non-hydrogen) atoms. The second kappa shape index (κ2) is 9.65. The molecule has 6 nitrogen and oxygen atoms in total. The molecule has 0 bridgehead atoms. The van der Waals surface area contributed by atoms with Gasteiger partial charge in [0.1, 0.15) is 0 Å². The Bertz CT molecular complexity index is 991. The van der Waals surface area contributed by atoms with Crippen LogP contribution < -0.4 is 10.6 Å². The van der Waals surface area contributed by atoms with Crippen molar-refractivity contribution in [3.8, 4) is 0 Å². The summed E-state index contributed by atoms with van der Waals surface area (Å²) in [6, 6.07) is 18.1. The second-order valence-electron chi connectivity index (χ2n) is 7.23. The van der Waals surface area contributed by atoms with Crippen molar-refractivity contribution in [2.24, 2.45) is 0 Å². The average Bonchev–Trinajstić information content (AvgIpc) is 3.32. The molecule has 4 rings (SSSR count). The summed E-state index contributed by atoms with van der Waals surface area (Å²) in [6.45, 7) is 2.37. The molecule has 0 fully saturated rings. The van der Waals surface area contributed by atoms with Crippen molar-refractivity contribution >= 4 is 23.2 Å². The summed E-state index contributed by atoms with van der Waals surface area (Å²) >= 11 is 1.67. The fourth-order valence-electron chi connectivity index (χ4n) is 3.70. The van der Waals surface area contributed by atoms with E-state index in [2.05, 4.69) is 50.8 Å². The molecule has 1 aliphatic rings. The highest BCUT2D eigenvalue weighted by Crippen LogP contribution is 2.29. The topological polar surface area (TPSA) is 74.3 Å². The maximum atomic E-state index is 12.4. The van der Waals surface area contributed by atoms with Crippen molar-refractivity contribution in [2.75, 3.05) is 13.1 Å². The van der Waals surface area contributed by atoms with Crippen molar-refractivity contribution in [3.63, 3.8) is 0 Å². The Hall–Kier alpha value is -3.03. The molecule has 154 valence electrons. The molecule has 0 unspecified atom stereocenters. The third kappa shape index (κ3) is 4.93. The van der Waals surface area contributed by atoms with E-state index in [1.54, 1.807) is 23.6 Å². The van der Waals surface area contributed by atoms with Crippen LogP contribution in [0.25, 0.3) is 0 Å². The zero-order valence-electron chi connectivity index (χ0n) is 16.6. The van der Waals surface area contributed by atoms with E-state index in [-0.39, 0.29) is 12.6 Å². The van der Waals surface area contributed by atoms with Gasteiger partial charge in [0.2, 0.25) is 0 Å². The minimum atomic E-state index is -0.644. The van der Waals surface area contributed by atoms with Crippen LogP contribution in [0.15, 0.2) is 66.2 Å². The van der Waals surface area contributed by atoms with Crippen molar-refractivity contribution in [2.45, 2.75) is 25.6 Å². The fourth-order valence-corrected chi connectivity index (χ4v) is 4.56. The Morgan fingerprint density at radius 2 is 1.80 bits per heavy atom. The predicted molar refractivity (Wildman–Crippen MR) is 117 cm³/mol. The number of hydrogen-bond donors (Lipinski definition) is 2. The molecule has 3 aromatic rings. The molecule has 0 saturated carbocycles. The van der Waals surface area contributed by atoms with Crippen LogP contribution in [-0.2, 0) is 29.1 Å². The molecular weight excluding hydrogens is 396 g/mol. The van der Waals surface area contributed by atoms with Gasteiger partial charge < -0.3 is 10.6 Å². The number of thiophene rings is 1. The lowest BCUT2D eigenvalue weighted by molar-refractivity contribution is -0.139. The number of aromatic nitrogens is 1. The quantitative estimate of drug-likeness (QED) is 0.602. The lowest BCUT2D eigenvalue weighted by Crippen LogP contribution is -2.44. The van der Waals surface area contributed by atoms with Crippen LogP contribution in [0.5, 0.6) is 0 Å². The average molecular weight is 421 g/mol. The molecule has 1 aromatic carbocycles. The molecule has 0 aliphatic carbocycles. The third-order valence-electron chi connectivity index (χ3n) is 5.29. The number of benzene rings is 1. The minimum absolute atomic E-state index is 0.0332. The third-order valence-corrected chi connectivity index (χ3v) is 6.26. The number of pyridine rings is 1. The maximum Gasteiger partial charge on any atom is 0.309 e. The first-order valence-corrected chi connectivity index (χ1v) is 10.9. The highest BCUT2D eigenvalue weighted by molar-refractivity contribution is 7.10. The van der Waals surface area contributed by atoms with Crippen molar-refractivity contribution < 1.29 is 9.59 Å². The van der Waals surface area contributed by atoms with E-state index in [1.807, 2.05) is 23.6 Å². The number of fused-ring (bicyclic) bond motifs is 1. The van der Waals surface area contributed by atoms with E-state index < -0.39 is 11.8 Å². The number of rotatable bonds is 6. The molecule has 7 heteroatoms. The van der Waals surface area contributed by atoms with Crippen LogP contribution in [0.3, 0.4) is 0 Å².